The van der Waals surface area contributed by atoms with Crippen LogP contribution in [0, 0.1) is 0 Å². The number of aromatic nitrogens is 1. The van der Waals surface area contributed by atoms with Gasteiger partial charge in [-0.1, -0.05) is 18.2 Å². The van der Waals surface area contributed by atoms with Crippen LogP contribution in [0.2, 0.25) is 0 Å². The summed E-state index contributed by atoms with van der Waals surface area (Å²) in [5.74, 6) is -0.494. The lowest BCUT2D eigenvalue weighted by molar-refractivity contribution is -0.111. The molecule has 0 saturated carbocycles. The molecule has 0 fully saturated rings. The zero-order valence-electron chi connectivity index (χ0n) is 12.5. The molecule has 0 atom stereocenters. The first-order valence-corrected chi connectivity index (χ1v) is 7.06. The molecule has 3 rings (SSSR count). The topological polar surface area (TPSA) is 43.3 Å². The number of amides is 1. The fourth-order valence-electron chi connectivity index (χ4n) is 2.30. The first kappa shape index (κ1) is 14.8. The van der Waals surface area contributed by atoms with E-state index in [4.69, 9.17) is 4.74 Å². The molecule has 0 bridgehead atoms. The Morgan fingerprint density at radius 3 is 2.61 bits per heavy atom. The van der Waals surface area contributed by atoms with Crippen LogP contribution in [-0.2, 0) is 4.79 Å². The Bertz CT molecular complexity index is 866. The Labute approximate surface area is 132 Å². The number of carbonyl (C=O) groups excluding carboxylic acids is 1. The van der Waals surface area contributed by atoms with Gasteiger partial charge in [-0.3, -0.25) is 9.36 Å². The first-order valence-electron chi connectivity index (χ1n) is 7.06. The van der Waals surface area contributed by atoms with Gasteiger partial charge in [0, 0.05) is 17.3 Å². The number of halogens is 1. The molecule has 1 aromatic heterocycles. The maximum Gasteiger partial charge on any atom is 0.252 e. The highest BCUT2D eigenvalue weighted by atomic mass is 19.1. The molecule has 0 aliphatic heterocycles. The van der Waals surface area contributed by atoms with Gasteiger partial charge in [-0.15, -0.1) is 0 Å². The number of rotatable bonds is 4. The largest absolute Gasteiger partial charge is 0.497 e. The predicted molar refractivity (Wildman–Crippen MR) is 88.9 cm³/mol. The first-order chi connectivity index (χ1) is 11.2. The number of nitrogens with zero attached hydrogens (tertiary/aromatic N) is 1. The van der Waals surface area contributed by atoms with Gasteiger partial charge in [0.1, 0.15) is 5.75 Å². The molecule has 0 unspecified atom stereocenters. The van der Waals surface area contributed by atoms with Crippen LogP contribution in [0.1, 0.15) is 0 Å². The summed E-state index contributed by atoms with van der Waals surface area (Å²) in [6.07, 6.45) is 2.52. The van der Waals surface area contributed by atoms with Gasteiger partial charge < -0.3 is 10.1 Å². The van der Waals surface area contributed by atoms with E-state index in [0.29, 0.717) is 17.0 Å². The van der Waals surface area contributed by atoms with Crippen LogP contribution in [0.15, 0.2) is 66.9 Å². The van der Waals surface area contributed by atoms with E-state index >= 15 is 0 Å². The van der Waals surface area contributed by atoms with E-state index in [1.54, 1.807) is 49.7 Å². The van der Waals surface area contributed by atoms with Gasteiger partial charge >= 0.3 is 0 Å². The molecule has 0 aliphatic carbocycles. The van der Waals surface area contributed by atoms with Gasteiger partial charge in [-0.05, 0) is 36.4 Å². The van der Waals surface area contributed by atoms with Crippen molar-refractivity contribution in [2.45, 2.75) is 0 Å². The minimum absolute atomic E-state index is 0.537. The highest BCUT2D eigenvalue weighted by Crippen LogP contribution is 2.20. The van der Waals surface area contributed by atoms with Gasteiger partial charge in [0.05, 0.1) is 18.7 Å². The predicted octanol–water partition coefficient (Wildman–Crippen LogP) is 4.06. The molecule has 0 spiro atoms. The summed E-state index contributed by atoms with van der Waals surface area (Å²) in [5, 5.41) is 3.52. The van der Waals surface area contributed by atoms with Crippen LogP contribution < -0.4 is 10.1 Å². The summed E-state index contributed by atoms with van der Waals surface area (Å²) in [6.45, 7) is 0. The Kier molecular flexibility index (Phi) is 4.10. The van der Waals surface area contributed by atoms with E-state index in [-0.39, 0.29) is 0 Å². The van der Waals surface area contributed by atoms with Crippen molar-refractivity contribution >= 4 is 28.4 Å². The Hall–Kier alpha value is -3.08. The monoisotopic (exact) mass is 310 g/mol. The van der Waals surface area contributed by atoms with Gasteiger partial charge in [-0.25, -0.2) is 0 Å². The Morgan fingerprint density at radius 1 is 1.13 bits per heavy atom. The summed E-state index contributed by atoms with van der Waals surface area (Å²) < 4.78 is 20.7. The van der Waals surface area contributed by atoms with Gasteiger partial charge in [-0.2, -0.15) is 4.39 Å². The summed E-state index contributed by atoms with van der Waals surface area (Å²) in [4.78, 5) is 11.9. The number of hydrogen-bond donors (Lipinski definition) is 1. The number of fused-ring (bicyclic) bond motifs is 1. The third kappa shape index (κ3) is 3.23. The fraction of sp³-hybridized carbons (Fsp3) is 0.0556. The quantitative estimate of drug-likeness (QED) is 0.739. The van der Waals surface area contributed by atoms with Crippen LogP contribution in [0.4, 0.5) is 10.1 Å². The molecule has 5 heteroatoms. The van der Waals surface area contributed by atoms with Crippen LogP contribution in [0.3, 0.4) is 0 Å². The van der Waals surface area contributed by atoms with Crippen molar-refractivity contribution in [1.82, 2.24) is 4.57 Å². The third-order valence-corrected chi connectivity index (χ3v) is 3.44. The van der Waals surface area contributed by atoms with Crippen LogP contribution in [0.5, 0.6) is 5.75 Å². The van der Waals surface area contributed by atoms with Crippen molar-refractivity contribution in [2.24, 2.45) is 0 Å². The fourth-order valence-corrected chi connectivity index (χ4v) is 2.30. The lowest BCUT2D eigenvalue weighted by Crippen LogP contribution is -2.09. The number of carbonyl (C=O) groups is 1. The van der Waals surface area contributed by atoms with Gasteiger partial charge in [0.2, 0.25) is 5.95 Å². The Balaban J connectivity index is 1.78. The number of para-hydroxylation sites is 1. The smallest absolute Gasteiger partial charge is 0.252 e. The molecular weight excluding hydrogens is 295 g/mol. The van der Waals surface area contributed by atoms with Gasteiger partial charge in [0.25, 0.3) is 5.91 Å². The zero-order chi connectivity index (χ0) is 16.2. The number of nitrogens with one attached hydrogen (secondary N) is 1. The molecule has 1 amide bonds. The molecule has 0 saturated heterocycles. The summed E-state index contributed by atoms with van der Waals surface area (Å²) in [5.41, 5.74) is 1.27. The van der Waals surface area contributed by atoms with Crippen LogP contribution in [0.25, 0.3) is 16.9 Å². The molecule has 4 nitrogen and oxygen atoms in total. The van der Waals surface area contributed by atoms with E-state index in [2.05, 4.69) is 5.32 Å². The molecule has 0 radical (unpaired) electrons. The van der Waals surface area contributed by atoms with E-state index in [1.807, 2.05) is 18.2 Å². The Morgan fingerprint density at radius 2 is 1.87 bits per heavy atom. The van der Waals surface area contributed by atoms with Crippen LogP contribution in [-0.4, -0.2) is 17.6 Å². The molecule has 2 aromatic carbocycles. The summed E-state index contributed by atoms with van der Waals surface area (Å²) in [6, 6.07) is 16.0. The number of anilines is 1. The molecule has 116 valence electrons. The minimum atomic E-state index is -0.641. The molecule has 0 aliphatic rings. The second kappa shape index (κ2) is 6.36. The van der Waals surface area contributed by atoms with Crippen molar-refractivity contribution in [1.29, 1.82) is 0 Å². The lowest BCUT2D eigenvalue weighted by atomic mass is 10.2. The molecule has 1 N–H and O–H groups in total. The highest BCUT2D eigenvalue weighted by Gasteiger charge is 2.07. The second-order valence-electron chi connectivity index (χ2n) is 4.93. The standard InChI is InChI=1S/C18H15FN2O2/c1-23-15-8-6-14(7-9-15)20-18(22)12-17(19)21-11-10-13-4-2-3-5-16(13)21/h2-12H,1H3,(H,20,22)/b17-12+. The number of methoxy groups -OCH3 is 1. The second-order valence-corrected chi connectivity index (χ2v) is 4.93. The average molecular weight is 310 g/mol. The highest BCUT2D eigenvalue weighted by molar-refractivity contribution is 6.02. The van der Waals surface area contributed by atoms with E-state index < -0.39 is 11.9 Å². The third-order valence-electron chi connectivity index (χ3n) is 3.44. The number of benzene rings is 2. The molecule has 1 heterocycles. The lowest BCUT2D eigenvalue weighted by Gasteiger charge is -2.05. The molecular formula is C18H15FN2O2. The minimum Gasteiger partial charge on any atom is -0.497 e. The van der Waals surface area contributed by atoms with Crippen molar-refractivity contribution in [2.75, 3.05) is 12.4 Å². The van der Waals surface area contributed by atoms with Crippen molar-refractivity contribution in [3.8, 4) is 5.75 Å². The maximum atomic E-state index is 14.3. The normalized spacial score (nSPS) is 11.5. The average Bonchev–Trinajstić information content (AvgIpc) is 2.99. The molecule has 23 heavy (non-hydrogen) atoms. The maximum absolute atomic E-state index is 14.3. The van der Waals surface area contributed by atoms with Crippen molar-refractivity contribution < 1.29 is 13.9 Å². The van der Waals surface area contributed by atoms with E-state index in [9.17, 15) is 9.18 Å². The summed E-state index contributed by atoms with van der Waals surface area (Å²) >= 11 is 0. The summed E-state index contributed by atoms with van der Waals surface area (Å²) in [7, 11) is 1.56. The van der Waals surface area contributed by atoms with Crippen LogP contribution >= 0.6 is 0 Å². The van der Waals surface area contributed by atoms with E-state index in [1.165, 1.54) is 4.57 Å². The number of hydrogen-bond acceptors (Lipinski definition) is 2. The van der Waals surface area contributed by atoms with Crippen molar-refractivity contribution in [3.63, 3.8) is 0 Å². The number of ether oxygens (including phenoxy) is 1. The molecule has 3 aromatic rings. The zero-order valence-corrected chi connectivity index (χ0v) is 12.5. The van der Waals surface area contributed by atoms with Crippen molar-refractivity contribution in [3.05, 3.63) is 66.9 Å². The van der Waals surface area contributed by atoms with E-state index in [0.717, 1.165) is 11.5 Å². The SMILES string of the molecule is COc1ccc(NC(=O)/C=C(\F)n2ccc3ccccc32)cc1. The van der Waals surface area contributed by atoms with Gasteiger partial charge in [0.15, 0.2) is 0 Å².